The summed E-state index contributed by atoms with van der Waals surface area (Å²) in [6, 6.07) is 6.49. The molecule has 148 valence electrons. The Labute approximate surface area is 169 Å². The van der Waals surface area contributed by atoms with Crippen LogP contribution in [-0.2, 0) is 12.0 Å². The van der Waals surface area contributed by atoms with E-state index in [0.29, 0.717) is 13.1 Å². The van der Waals surface area contributed by atoms with Crippen molar-refractivity contribution in [2.75, 3.05) is 13.6 Å². The van der Waals surface area contributed by atoms with Crippen LogP contribution in [0, 0.1) is 0 Å². The molecule has 2 aromatic heterocycles. The Morgan fingerprint density at radius 2 is 2.24 bits per heavy atom. The second-order valence-corrected chi connectivity index (χ2v) is 7.86. The number of hydrogen-bond acceptors (Lipinski definition) is 4. The van der Waals surface area contributed by atoms with Crippen LogP contribution in [0.25, 0.3) is 40.3 Å². The van der Waals surface area contributed by atoms with Gasteiger partial charge in [0, 0.05) is 41.8 Å². The summed E-state index contributed by atoms with van der Waals surface area (Å²) in [6.07, 6.45) is 4.06. The van der Waals surface area contributed by atoms with E-state index in [1.807, 2.05) is 24.9 Å². The van der Waals surface area contributed by atoms with Gasteiger partial charge in [0.1, 0.15) is 5.69 Å². The highest BCUT2D eigenvalue weighted by Gasteiger charge is 2.53. The van der Waals surface area contributed by atoms with Gasteiger partial charge in [-0.05, 0) is 37.0 Å². The molecule has 1 fully saturated rings. The van der Waals surface area contributed by atoms with Crippen LogP contribution < -0.4 is 21.6 Å². The third-order valence-electron chi connectivity index (χ3n) is 6.26. The Morgan fingerprint density at radius 3 is 2.90 bits per heavy atom. The quantitative estimate of drug-likeness (QED) is 0.585. The van der Waals surface area contributed by atoms with Crippen molar-refractivity contribution in [3.05, 3.63) is 46.5 Å². The molecule has 2 heterocycles. The first-order valence-corrected chi connectivity index (χ1v) is 10.1. The topological polar surface area (TPSA) is 84.0 Å². The Morgan fingerprint density at radius 1 is 1.45 bits per heavy atom. The van der Waals surface area contributed by atoms with Crippen molar-refractivity contribution >= 4 is 35.1 Å². The van der Waals surface area contributed by atoms with Crippen LogP contribution in [0.4, 0.5) is 0 Å². The average Bonchev–Trinajstić information content (AvgIpc) is 3.31. The molecule has 0 atom stereocenters. The van der Waals surface area contributed by atoms with Crippen LogP contribution in [0.2, 0.25) is 0 Å². The highest BCUT2D eigenvalue weighted by molar-refractivity contribution is 5.98. The summed E-state index contributed by atoms with van der Waals surface area (Å²) in [5, 5.41) is 11.2. The fourth-order valence-corrected chi connectivity index (χ4v) is 4.72. The number of hydrogen-bond donors (Lipinski definition) is 3. The summed E-state index contributed by atoms with van der Waals surface area (Å²) in [5.41, 5.74) is 13.3. The Balaban J connectivity index is 1.86. The fourth-order valence-electron chi connectivity index (χ4n) is 4.72. The molecular formula is C23H26N6. The van der Waals surface area contributed by atoms with Crippen molar-refractivity contribution in [3.8, 4) is 11.4 Å². The van der Waals surface area contributed by atoms with E-state index in [0.717, 1.165) is 57.3 Å². The van der Waals surface area contributed by atoms with Crippen LogP contribution in [0.1, 0.15) is 30.9 Å². The second-order valence-electron chi connectivity index (χ2n) is 7.86. The molecule has 1 aromatic carbocycles. The van der Waals surface area contributed by atoms with Gasteiger partial charge in [0.15, 0.2) is 0 Å². The zero-order chi connectivity index (χ0) is 20.3. The third-order valence-corrected chi connectivity index (χ3v) is 6.26. The molecule has 0 unspecified atom stereocenters. The molecule has 6 heteroatoms. The normalized spacial score (nSPS) is 16.4. The number of H-pyrrole nitrogens is 1. The molecule has 2 aliphatic carbocycles. The van der Waals surface area contributed by atoms with Gasteiger partial charge < -0.3 is 16.0 Å². The van der Waals surface area contributed by atoms with Crippen LogP contribution in [0.3, 0.4) is 0 Å². The number of benzene rings is 1. The van der Waals surface area contributed by atoms with Crippen molar-refractivity contribution in [2.24, 2.45) is 10.7 Å². The minimum Gasteiger partial charge on any atom is -0.388 e. The van der Waals surface area contributed by atoms with E-state index < -0.39 is 0 Å². The fraction of sp³-hybridized carbons (Fsp3) is 0.304. The first-order chi connectivity index (χ1) is 14.1. The lowest BCUT2D eigenvalue weighted by Crippen LogP contribution is -2.36. The molecule has 6 nitrogen and oxygen atoms in total. The summed E-state index contributed by atoms with van der Waals surface area (Å²) in [4.78, 5) is 8.51. The molecule has 0 aliphatic heterocycles. The minimum absolute atomic E-state index is 0.0579. The summed E-state index contributed by atoms with van der Waals surface area (Å²) < 4.78 is 1.92. The lowest BCUT2D eigenvalue weighted by Gasteiger charge is -2.21. The predicted molar refractivity (Wildman–Crippen MR) is 120 cm³/mol. The number of aliphatic imine (C=N–C) groups is 1. The maximum absolute atomic E-state index is 5.81. The van der Waals surface area contributed by atoms with Crippen molar-refractivity contribution in [3.63, 3.8) is 0 Å². The summed E-state index contributed by atoms with van der Waals surface area (Å²) in [5.74, 6) is 0. The molecule has 3 aromatic rings. The first kappa shape index (κ1) is 17.9. The van der Waals surface area contributed by atoms with Gasteiger partial charge in [0.25, 0.3) is 0 Å². The average molecular weight is 387 g/mol. The van der Waals surface area contributed by atoms with Crippen LogP contribution in [0.15, 0.2) is 29.8 Å². The monoisotopic (exact) mass is 386 g/mol. The van der Waals surface area contributed by atoms with Gasteiger partial charge in [-0.2, -0.15) is 5.10 Å². The summed E-state index contributed by atoms with van der Waals surface area (Å²) in [7, 11) is 1.89. The van der Waals surface area contributed by atoms with Gasteiger partial charge in [-0.15, -0.1) is 0 Å². The zero-order valence-corrected chi connectivity index (χ0v) is 17.0. The predicted octanol–water partition coefficient (Wildman–Crippen LogP) is 1.83. The van der Waals surface area contributed by atoms with Gasteiger partial charge in [0.2, 0.25) is 0 Å². The number of aromatic nitrogens is 3. The molecule has 1 spiro atoms. The smallest absolute Gasteiger partial charge is 0.119 e. The van der Waals surface area contributed by atoms with E-state index in [1.54, 1.807) is 0 Å². The highest BCUT2D eigenvalue weighted by atomic mass is 15.3. The Hall–Kier alpha value is -3.12. The maximum atomic E-state index is 5.81. The van der Waals surface area contributed by atoms with E-state index in [1.165, 1.54) is 10.9 Å². The lowest BCUT2D eigenvalue weighted by atomic mass is 9.83. The Kier molecular flexibility index (Phi) is 3.83. The zero-order valence-electron chi connectivity index (χ0n) is 17.0. The molecule has 5 rings (SSSR count). The van der Waals surface area contributed by atoms with Gasteiger partial charge in [0.05, 0.1) is 28.5 Å². The third kappa shape index (κ3) is 2.32. The van der Waals surface area contributed by atoms with E-state index in [4.69, 9.17) is 15.8 Å². The Bertz CT molecular complexity index is 1300. The molecule has 0 saturated heterocycles. The van der Waals surface area contributed by atoms with Crippen LogP contribution >= 0.6 is 0 Å². The summed E-state index contributed by atoms with van der Waals surface area (Å²) >= 11 is 0. The lowest BCUT2D eigenvalue weighted by molar-refractivity contribution is 0.610. The number of nitrogens with zero attached hydrogens (tertiary/aromatic N) is 3. The molecule has 0 bridgehead atoms. The molecular weight excluding hydrogens is 360 g/mol. The standard InChI is InChI=1S/C23H26N6/c1-5-26-22-18-14(3)29(11-10-24)28-20(18)21-19(23(22)8-9-23)16-7-6-15(13(2)25-4)12-17(16)27-21/h5-7,12,25,27H,2-3,8-11,24H2,1,4H3/b26-5-. The van der Waals surface area contributed by atoms with Gasteiger partial charge >= 0.3 is 0 Å². The number of fused-ring (bicyclic) bond motifs is 6. The van der Waals surface area contributed by atoms with E-state index in [9.17, 15) is 0 Å². The first-order valence-electron chi connectivity index (χ1n) is 10.1. The van der Waals surface area contributed by atoms with Crippen molar-refractivity contribution < 1.29 is 0 Å². The van der Waals surface area contributed by atoms with E-state index in [2.05, 4.69) is 41.7 Å². The molecule has 0 amide bonds. The molecule has 1 saturated carbocycles. The molecule has 29 heavy (non-hydrogen) atoms. The summed E-state index contributed by atoms with van der Waals surface area (Å²) in [6.45, 7) is 11.6. The van der Waals surface area contributed by atoms with Crippen molar-refractivity contribution in [1.82, 2.24) is 20.1 Å². The largest absolute Gasteiger partial charge is 0.388 e. The van der Waals surface area contributed by atoms with Gasteiger partial charge in [-0.25, -0.2) is 0 Å². The van der Waals surface area contributed by atoms with Gasteiger partial charge in [-0.1, -0.05) is 25.3 Å². The second kappa shape index (κ2) is 6.19. The van der Waals surface area contributed by atoms with E-state index in [-0.39, 0.29) is 5.41 Å². The highest BCUT2D eigenvalue weighted by Crippen LogP contribution is 2.60. The molecule has 4 N–H and O–H groups in total. The SMILES string of the molecule is C=C(NC)c1ccc2c3c([nH]c2c1)-c1nn(CCN)c(=C)c1=C(/N=C\C)C31CC1. The number of nitrogens with two attached hydrogens (primary N) is 1. The van der Waals surface area contributed by atoms with Crippen LogP contribution in [-0.4, -0.2) is 34.6 Å². The number of rotatable bonds is 5. The minimum atomic E-state index is -0.0579. The number of nitrogens with one attached hydrogen (secondary N) is 2. The molecule has 2 aliphatic rings. The van der Waals surface area contributed by atoms with E-state index >= 15 is 0 Å². The van der Waals surface area contributed by atoms with Crippen molar-refractivity contribution in [1.29, 1.82) is 0 Å². The molecule has 0 radical (unpaired) electrons. The number of aromatic amines is 1. The van der Waals surface area contributed by atoms with Crippen molar-refractivity contribution in [2.45, 2.75) is 31.7 Å². The van der Waals surface area contributed by atoms with Gasteiger partial charge in [-0.3, -0.25) is 9.67 Å². The van der Waals surface area contributed by atoms with Crippen LogP contribution in [0.5, 0.6) is 0 Å². The maximum Gasteiger partial charge on any atom is 0.119 e.